The van der Waals surface area contributed by atoms with Crippen LogP contribution in [0.3, 0.4) is 0 Å². The number of benzene rings is 1. The third kappa shape index (κ3) is 3.60. The lowest BCUT2D eigenvalue weighted by molar-refractivity contribution is 0.190. The van der Waals surface area contributed by atoms with Gasteiger partial charge in [-0.15, -0.1) is 0 Å². The lowest BCUT2D eigenvalue weighted by Gasteiger charge is -2.12. The molecule has 1 rings (SSSR count). The molecule has 0 aliphatic heterocycles. The van der Waals surface area contributed by atoms with Gasteiger partial charge in [-0.1, -0.05) is 43.7 Å². The van der Waals surface area contributed by atoms with E-state index in [1.165, 1.54) is 11.7 Å². The Balaban J connectivity index is 2.46. The first-order chi connectivity index (χ1) is 6.36. The zero-order chi connectivity index (χ0) is 9.52. The normalized spacial score (nSPS) is 10.7. The van der Waals surface area contributed by atoms with Crippen molar-refractivity contribution in [3.05, 3.63) is 42.0 Å². The molecule has 0 spiro atoms. The Kier molecular flexibility index (Phi) is 4.55. The van der Waals surface area contributed by atoms with E-state index in [-0.39, 0.29) is 0 Å². The van der Waals surface area contributed by atoms with Crippen LogP contribution in [0.25, 0.3) is 0 Å². The Hall–Kier alpha value is -0.820. The minimum absolute atomic E-state index is 0.950. The fraction of sp³-hybridized carbons (Fsp3) is 0.417. The molecule has 1 aromatic rings. The van der Waals surface area contributed by atoms with Crippen molar-refractivity contribution < 1.29 is 4.74 Å². The standard InChI is InChI=1S/C12H17O/c1-3-7-12(13-2)10-11-8-5-4-6-9-11/h4-6,8-9H,3,7,10H2,1-2H3. The van der Waals surface area contributed by atoms with Crippen LogP contribution in [0, 0.1) is 6.10 Å². The van der Waals surface area contributed by atoms with E-state index in [1.54, 1.807) is 7.11 Å². The second kappa shape index (κ2) is 5.76. The quantitative estimate of drug-likeness (QED) is 0.671. The molecule has 0 bridgehead atoms. The minimum Gasteiger partial charge on any atom is -0.375 e. The highest BCUT2D eigenvalue weighted by molar-refractivity contribution is 5.17. The van der Waals surface area contributed by atoms with Crippen molar-refractivity contribution in [3.63, 3.8) is 0 Å². The number of ether oxygens (including phenoxy) is 1. The van der Waals surface area contributed by atoms with Crippen LogP contribution in [-0.4, -0.2) is 7.11 Å². The van der Waals surface area contributed by atoms with E-state index in [0.29, 0.717) is 0 Å². The van der Waals surface area contributed by atoms with Gasteiger partial charge in [0.25, 0.3) is 0 Å². The molecule has 0 N–H and O–H groups in total. The Bertz CT molecular complexity index is 218. The van der Waals surface area contributed by atoms with E-state index in [4.69, 9.17) is 4.74 Å². The van der Waals surface area contributed by atoms with Crippen LogP contribution in [0.15, 0.2) is 30.3 Å². The Morgan fingerprint density at radius 3 is 2.46 bits per heavy atom. The van der Waals surface area contributed by atoms with Crippen LogP contribution in [-0.2, 0) is 11.2 Å². The predicted molar refractivity (Wildman–Crippen MR) is 55.3 cm³/mol. The summed E-state index contributed by atoms with van der Waals surface area (Å²) in [6.07, 6.45) is 4.33. The maximum absolute atomic E-state index is 5.31. The summed E-state index contributed by atoms with van der Waals surface area (Å²) in [4.78, 5) is 0. The van der Waals surface area contributed by atoms with Crippen molar-refractivity contribution in [1.29, 1.82) is 0 Å². The molecule has 1 heteroatoms. The molecule has 0 heterocycles. The highest BCUT2D eigenvalue weighted by Gasteiger charge is 2.07. The highest BCUT2D eigenvalue weighted by atomic mass is 16.5. The zero-order valence-electron chi connectivity index (χ0n) is 8.42. The van der Waals surface area contributed by atoms with E-state index >= 15 is 0 Å². The highest BCUT2D eigenvalue weighted by Crippen LogP contribution is 2.16. The van der Waals surface area contributed by atoms with Gasteiger partial charge in [-0.3, -0.25) is 0 Å². The average Bonchev–Trinajstić information content (AvgIpc) is 2.19. The lowest BCUT2D eigenvalue weighted by Crippen LogP contribution is -2.03. The molecule has 0 aliphatic rings. The van der Waals surface area contributed by atoms with Gasteiger partial charge in [0.2, 0.25) is 0 Å². The fourth-order valence-electron chi connectivity index (χ4n) is 1.36. The van der Waals surface area contributed by atoms with Crippen LogP contribution in [0.2, 0.25) is 0 Å². The van der Waals surface area contributed by atoms with Crippen LogP contribution in [0.5, 0.6) is 0 Å². The van der Waals surface area contributed by atoms with Crippen LogP contribution < -0.4 is 0 Å². The Morgan fingerprint density at radius 2 is 1.92 bits per heavy atom. The Morgan fingerprint density at radius 1 is 1.23 bits per heavy atom. The van der Waals surface area contributed by atoms with Gasteiger partial charge < -0.3 is 4.74 Å². The topological polar surface area (TPSA) is 9.23 Å². The van der Waals surface area contributed by atoms with Crippen molar-refractivity contribution >= 4 is 0 Å². The molecule has 1 radical (unpaired) electrons. The van der Waals surface area contributed by atoms with Gasteiger partial charge in [0.05, 0.1) is 0 Å². The molecule has 0 aliphatic carbocycles. The number of methoxy groups -OCH3 is 1. The van der Waals surface area contributed by atoms with Gasteiger partial charge >= 0.3 is 0 Å². The summed E-state index contributed by atoms with van der Waals surface area (Å²) < 4.78 is 5.31. The van der Waals surface area contributed by atoms with E-state index in [9.17, 15) is 0 Å². The van der Waals surface area contributed by atoms with E-state index in [2.05, 4.69) is 31.2 Å². The SMILES string of the molecule is CCC[C](Cc1ccccc1)OC. The fourth-order valence-corrected chi connectivity index (χ4v) is 1.36. The summed E-state index contributed by atoms with van der Waals surface area (Å²) >= 11 is 0. The molecular weight excluding hydrogens is 160 g/mol. The second-order valence-corrected chi connectivity index (χ2v) is 3.16. The van der Waals surface area contributed by atoms with Gasteiger partial charge in [-0.25, -0.2) is 0 Å². The smallest absolute Gasteiger partial charge is 0.101 e. The van der Waals surface area contributed by atoms with E-state index < -0.39 is 0 Å². The van der Waals surface area contributed by atoms with Gasteiger partial charge in [-0.2, -0.15) is 0 Å². The molecule has 0 atom stereocenters. The molecule has 0 saturated heterocycles. The van der Waals surface area contributed by atoms with Crippen molar-refractivity contribution in [2.24, 2.45) is 0 Å². The molecule has 71 valence electrons. The molecule has 0 amide bonds. The van der Waals surface area contributed by atoms with Crippen molar-refractivity contribution in [1.82, 2.24) is 0 Å². The van der Waals surface area contributed by atoms with Gasteiger partial charge in [0.15, 0.2) is 0 Å². The minimum atomic E-state index is 0.950. The lowest BCUT2D eigenvalue weighted by atomic mass is 10.0. The molecular formula is C12H17O. The largest absolute Gasteiger partial charge is 0.375 e. The summed E-state index contributed by atoms with van der Waals surface area (Å²) in [5, 5.41) is 0. The summed E-state index contributed by atoms with van der Waals surface area (Å²) in [5.74, 6) is 0. The van der Waals surface area contributed by atoms with Crippen LogP contribution >= 0.6 is 0 Å². The summed E-state index contributed by atoms with van der Waals surface area (Å²) in [6, 6.07) is 10.4. The second-order valence-electron chi connectivity index (χ2n) is 3.16. The van der Waals surface area contributed by atoms with Crippen molar-refractivity contribution in [2.75, 3.05) is 7.11 Å². The third-order valence-corrected chi connectivity index (χ3v) is 2.06. The van der Waals surface area contributed by atoms with Gasteiger partial charge in [-0.05, 0) is 12.0 Å². The van der Waals surface area contributed by atoms with Crippen LogP contribution in [0.1, 0.15) is 25.3 Å². The predicted octanol–water partition coefficient (Wildman–Crippen LogP) is 3.21. The molecule has 13 heavy (non-hydrogen) atoms. The maximum Gasteiger partial charge on any atom is 0.101 e. The molecule has 0 aromatic heterocycles. The maximum atomic E-state index is 5.31. The van der Waals surface area contributed by atoms with Crippen LogP contribution in [0.4, 0.5) is 0 Å². The summed E-state index contributed by atoms with van der Waals surface area (Å²) in [6.45, 7) is 2.17. The van der Waals surface area contributed by atoms with E-state index in [0.717, 1.165) is 19.3 Å². The summed E-state index contributed by atoms with van der Waals surface area (Å²) in [5.41, 5.74) is 1.33. The van der Waals surface area contributed by atoms with Crippen molar-refractivity contribution in [3.8, 4) is 0 Å². The molecule has 0 saturated carbocycles. The first-order valence-corrected chi connectivity index (χ1v) is 4.79. The molecule has 1 nitrogen and oxygen atoms in total. The Labute approximate surface area is 80.7 Å². The summed E-state index contributed by atoms with van der Waals surface area (Å²) in [7, 11) is 1.76. The van der Waals surface area contributed by atoms with Gasteiger partial charge in [0, 0.05) is 13.5 Å². The average molecular weight is 177 g/mol. The van der Waals surface area contributed by atoms with Crippen molar-refractivity contribution in [2.45, 2.75) is 26.2 Å². The molecule has 1 aromatic carbocycles. The molecule has 0 fully saturated rings. The van der Waals surface area contributed by atoms with Gasteiger partial charge in [0.1, 0.15) is 6.10 Å². The zero-order valence-corrected chi connectivity index (χ0v) is 8.42. The third-order valence-electron chi connectivity index (χ3n) is 2.06. The first-order valence-electron chi connectivity index (χ1n) is 4.79. The number of hydrogen-bond donors (Lipinski definition) is 0. The molecule has 0 unspecified atom stereocenters. The monoisotopic (exact) mass is 177 g/mol. The van der Waals surface area contributed by atoms with E-state index in [1.807, 2.05) is 6.07 Å². The number of rotatable bonds is 5. The number of hydrogen-bond acceptors (Lipinski definition) is 1. The first kappa shape index (κ1) is 10.3.